The molecular formula is C10H13BrN4O2. The molecule has 0 atom stereocenters. The summed E-state index contributed by atoms with van der Waals surface area (Å²) in [6.07, 6.45) is 0. The molecule has 1 aromatic rings. The number of halogens is 1. The number of nitrogens with two attached hydrogens (primary N) is 2. The standard InChI is InChI=1S/C10H13BrN4O2/c11-6-1-2-8(12)7(5-6)9(16)14-3-4-15-10(13)17/h1-2,5H,3-4,12H2,(H,14,16)(H3,13,15,17). The van der Waals surface area contributed by atoms with Crippen molar-refractivity contribution in [3.05, 3.63) is 28.2 Å². The SMILES string of the molecule is NC(=O)NCCNC(=O)c1cc(Br)ccc1N. The minimum atomic E-state index is -0.624. The lowest BCUT2D eigenvalue weighted by atomic mass is 10.1. The Labute approximate surface area is 107 Å². The van der Waals surface area contributed by atoms with E-state index in [0.29, 0.717) is 11.3 Å². The summed E-state index contributed by atoms with van der Waals surface area (Å²) in [6, 6.07) is 4.40. The fourth-order valence-corrected chi connectivity index (χ4v) is 1.54. The van der Waals surface area contributed by atoms with Crippen molar-refractivity contribution in [1.82, 2.24) is 10.6 Å². The molecule has 1 aromatic carbocycles. The van der Waals surface area contributed by atoms with Crippen molar-refractivity contribution in [2.45, 2.75) is 0 Å². The average molecular weight is 301 g/mol. The molecule has 0 heterocycles. The Morgan fingerprint density at radius 2 is 1.88 bits per heavy atom. The molecule has 0 bridgehead atoms. The molecule has 92 valence electrons. The lowest BCUT2D eigenvalue weighted by Crippen LogP contribution is -2.37. The summed E-state index contributed by atoms with van der Waals surface area (Å²) in [5.74, 6) is -0.296. The first kappa shape index (κ1) is 13.3. The van der Waals surface area contributed by atoms with Crippen LogP contribution in [-0.2, 0) is 0 Å². The summed E-state index contributed by atoms with van der Waals surface area (Å²) in [4.78, 5) is 22.1. The van der Waals surface area contributed by atoms with E-state index < -0.39 is 6.03 Å². The molecule has 0 aliphatic carbocycles. The topological polar surface area (TPSA) is 110 Å². The van der Waals surface area contributed by atoms with Crippen LogP contribution in [0.4, 0.5) is 10.5 Å². The largest absolute Gasteiger partial charge is 0.398 e. The number of primary amides is 1. The quantitative estimate of drug-likeness (QED) is 0.478. The van der Waals surface area contributed by atoms with E-state index in [1.165, 1.54) is 0 Å². The van der Waals surface area contributed by atoms with Crippen molar-refractivity contribution in [2.24, 2.45) is 5.73 Å². The zero-order valence-corrected chi connectivity index (χ0v) is 10.6. The Hall–Kier alpha value is -1.76. The van der Waals surface area contributed by atoms with E-state index in [-0.39, 0.29) is 19.0 Å². The molecule has 7 heteroatoms. The lowest BCUT2D eigenvalue weighted by Gasteiger charge is -2.08. The minimum Gasteiger partial charge on any atom is -0.398 e. The van der Waals surface area contributed by atoms with E-state index >= 15 is 0 Å². The van der Waals surface area contributed by atoms with Crippen LogP contribution >= 0.6 is 15.9 Å². The van der Waals surface area contributed by atoms with Gasteiger partial charge in [-0.3, -0.25) is 4.79 Å². The fraction of sp³-hybridized carbons (Fsp3) is 0.200. The maximum Gasteiger partial charge on any atom is 0.312 e. The van der Waals surface area contributed by atoms with Crippen LogP contribution < -0.4 is 22.1 Å². The van der Waals surface area contributed by atoms with Crippen molar-refractivity contribution in [3.63, 3.8) is 0 Å². The third kappa shape index (κ3) is 4.31. The van der Waals surface area contributed by atoms with Gasteiger partial charge in [0, 0.05) is 23.2 Å². The number of hydrogen-bond donors (Lipinski definition) is 4. The molecule has 0 saturated carbocycles. The van der Waals surface area contributed by atoms with Crippen molar-refractivity contribution in [3.8, 4) is 0 Å². The Bertz CT molecular complexity index is 436. The van der Waals surface area contributed by atoms with Crippen LogP contribution in [-0.4, -0.2) is 25.0 Å². The number of carbonyl (C=O) groups is 2. The van der Waals surface area contributed by atoms with Crippen molar-refractivity contribution in [1.29, 1.82) is 0 Å². The molecule has 6 nitrogen and oxygen atoms in total. The van der Waals surface area contributed by atoms with E-state index in [2.05, 4.69) is 26.6 Å². The lowest BCUT2D eigenvalue weighted by molar-refractivity contribution is 0.0954. The van der Waals surface area contributed by atoms with Gasteiger partial charge >= 0.3 is 6.03 Å². The zero-order chi connectivity index (χ0) is 12.8. The van der Waals surface area contributed by atoms with E-state index in [9.17, 15) is 9.59 Å². The van der Waals surface area contributed by atoms with Gasteiger partial charge in [0.1, 0.15) is 0 Å². The highest BCUT2D eigenvalue weighted by Gasteiger charge is 2.09. The second-order valence-electron chi connectivity index (χ2n) is 3.28. The molecule has 1 rings (SSSR count). The van der Waals surface area contributed by atoms with Crippen LogP contribution in [0.2, 0.25) is 0 Å². The van der Waals surface area contributed by atoms with Gasteiger partial charge in [-0.05, 0) is 18.2 Å². The summed E-state index contributed by atoms with van der Waals surface area (Å²) >= 11 is 3.26. The van der Waals surface area contributed by atoms with E-state index in [1.54, 1.807) is 18.2 Å². The maximum absolute atomic E-state index is 11.7. The Kier molecular flexibility index (Phi) is 4.77. The van der Waals surface area contributed by atoms with Crippen LogP contribution in [0, 0.1) is 0 Å². The van der Waals surface area contributed by atoms with Gasteiger partial charge in [-0.2, -0.15) is 0 Å². The highest BCUT2D eigenvalue weighted by atomic mass is 79.9. The third-order valence-corrected chi connectivity index (χ3v) is 2.46. The number of nitrogens with one attached hydrogen (secondary N) is 2. The van der Waals surface area contributed by atoms with Crippen LogP contribution in [0.1, 0.15) is 10.4 Å². The number of rotatable bonds is 4. The molecule has 0 aliphatic rings. The van der Waals surface area contributed by atoms with Crippen molar-refractivity contribution < 1.29 is 9.59 Å². The summed E-state index contributed by atoms with van der Waals surface area (Å²) < 4.78 is 0.770. The Morgan fingerprint density at radius 3 is 2.53 bits per heavy atom. The monoisotopic (exact) mass is 300 g/mol. The minimum absolute atomic E-state index is 0.273. The van der Waals surface area contributed by atoms with Gasteiger partial charge in [0.05, 0.1) is 5.56 Å². The molecule has 0 radical (unpaired) electrons. The predicted molar refractivity (Wildman–Crippen MR) is 68.5 cm³/mol. The fourth-order valence-electron chi connectivity index (χ4n) is 1.18. The molecule has 3 amide bonds. The number of anilines is 1. The first-order valence-electron chi connectivity index (χ1n) is 4.87. The number of nitrogen functional groups attached to an aromatic ring is 1. The van der Waals surface area contributed by atoms with Gasteiger partial charge in [0.25, 0.3) is 5.91 Å². The van der Waals surface area contributed by atoms with Gasteiger partial charge in [-0.25, -0.2) is 4.79 Å². The first-order valence-corrected chi connectivity index (χ1v) is 5.66. The molecule has 0 aliphatic heterocycles. The summed E-state index contributed by atoms with van der Waals surface area (Å²) in [5, 5.41) is 4.97. The number of benzene rings is 1. The van der Waals surface area contributed by atoms with Crippen LogP contribution in [0.3, 0.4) is 0 Å². The molecule has 0 saturated heterocycles. The van der Waals surface area contributed by atoms with Gasteiger partial charge in [0.2, 0.25) is 0 Å². The summed E-state index contributed by atoms with van der Waals surface area (Å²) in [5.41, 5.74) is 11.3. The predicted octanol–water partition coefficient (Wildman–Crippen LogP) is 0.429. The molecule has 0 fully saturated rings. The summed E-state index contributed by atoms with van der Waals surface area (Å²) in [7, 11) is 0. The molecule has 6 N–H and O–H groups in total. The third-order valence-electron chi connectivity index (χ3n) is 1.97. The molecule has 0 spiro atoms. The number of urea groups is 1. The van der Waals surface area contributed by atoms with Crippen LogP contribution in [0.25, 0.3) is 0 Å². The van der Waals surface area contributed by atoms with Gasteiger partial charge < -0.3 is 22.1 Å². The number of carbonyl (C=O) groups excluding carboxylic acids is 2. The van der Waals surface area contributed by atoms with Gasteiger partial charge in [-0.1, -0.05) is 15.9 Å². The Balaban J connectivity index is 2.52. The maximum atomic E-state index is 11.7. The smallest absolute Gasteiger partial charge is 0.312 e. The van der Waals surface area contributed by atoms with E-state index in [0.717, 1.165) is 4.47 Å². The molecule has 0 unspecified atom stereocenters. The Morgan fingerprint density at radius 1 is 1.24 bits per heavy atom. The first-order chi connectivity index (χ1) is 8.00. The zero-order valence-electron chi connectivity index (χ0n) is 9.00. The van der Waals surface area contributed by atoms with Crippen molar-refractivity contribution in [2.75, 3.05) is 18.8 Å². The highest BCUT2D eigenvalue weighted by molar-refractivity contribution is 9.10. The van der Waals surface area contributed by atoms with Crippen LogP contribution in [0.15, 0.2) is 22.7 Å². The van der Waals surface area contributed by atoms with Gasteiger partial charge in [-0.15, -0.1) is 0 Å². The van der Waals surface area contributed by atoms with Crippen molar-refractivity contribution >= 4 is 33.6 Å². The summed E-state index contributed by atoms with van der Waals surface area (Å²) in [6.45, 7) is 0.558. The van der Waals surface area contributed by atoms with E-state index in [1.807, 2.05) is 0 Å². The second kappa shape index (κ2) is 6.09. The molecule has 0 aromatic heterocycles. The van der Waals surface area contributed by atoms with Crippen LogP contribution in [0.5, 0.6) is 0 Å². The highest BCUT2D eigenvalue weighted by Crippen LogP contribution is 2.18. The van der Waals surface area contributed by atoms with Gasteiger partial charge in [0.15, 0.2) is 0 Å². The second-order valence-corrected chi connectivity index (χ2v) is 4.19. The number of amides is 3. The normalized spacial score (nSPS) is 9.71. The molecule has 17 heavy (non-hydrogen) atoms. The molecular weight excluding hydrogens is 288 g/mol. The van der Waals surface area contributed by atoms with E-state index in [4.69, 9.17) is 11.5 Å². The average Bonchev–Trinajstić information content (AvgIpc) is 2.27. The number of hydrogen-bond acceptors (Lipinski definition) is 3.